The van der Waals surface area contributed by atoms with Crippen LogP contribution in [0, 0.1) is 0 Å². The van der Waals surface area contributed by atoms with E-state index in [9.17, 15) is 13.2 Å². The summed E-state index contributed by atoms with van der Waals surface area (Å²) in [7, 11) is -1.76. The van der Waals surface area contributed by atoms with Crippen LogP contribution in [0.15, 0.2) is 30.7 Å². The van der Waals surface area contributed by atoms with Crippen LogP contribution < -0.4 is 5.32 Å². The van der Waals surface area contributed by atoms with E-state index >= 15 is 0 Å². The average Bonchev–Trinajstić information content (AvgIpc) is 2.93. The molecule has 1 atom stereocenters. The van der Waals surface area contributed by atoms with Gasteiger partial charge >= 0.3 is 0 Å². The molecule has 0 bridgehead atoms. The molecule has 0 aromatic carbocycles. The summed E-state index contributed by atoms with van der Waals surface area (Å²) < 4.78 is 27.2. The first-order valence-electron chi connectivity index (χ1n) is 7.52. The number of sulfonamides is 1. The number of nitrogens with zero attached hydrogens (tertiary/aromatic N) is 4. The lowest BCUT2D eigenvalue weighted by Crippen LogP contribution is -2.47. The van der Waals surface area contributed by atoms with Gasteiger partial charge in [-0.1, -0.05) is 6.07 Å². The summed E-state index contributed by atoms with van der Waals surface area (Å²) in [5.74, 6) is -0.379. The minimum atomic E-state index is -3.52. The third-order valence-electron chi connectivity index (χ3n) is 4.02. The van der Waals surface area contributed by atoms with E-state index in [0.717, 1.165) is 11.9 Å². The van der Waals surface area contributed by atoms with Gasteiger partial charge < -0.3 is 9.88 Å². The second kappa shape index (κ2) is 6.33. The van der Waals surface area contributed by atoms with E-state index in [1.54, 1.807) is 36.3 Å². The van der Waals surface area contributed by atoms with Crippen molar-refractivity contribution < 1.29 is 13.2 Å². The Balaban J connectivity index is 1.89. The Bertz CT molecular complexity index is 847. The van der Waals surface area contributed by atoms with Gasteiger partial charge in [0.05, 0.1) is 36.2 Å². The van der Waals surface area contributed by atoms with Crippen LogP contribution >= 0.6 is 0 Å². The summed E-state index contributed by atoms with van der Waals surface area (Å²) >= 11 is 0. The molecule has 128 valence electrons. The predicted octanol–water partition coefficient (Wildman–Crippen LogP) is -0.00970. The number of hydrogen-bond acceptors (Lipinski definition) is 5. The largest absolute Gasteiger partial charge is 0.349 e. The Morgan fingerprint density at radius 2 is 2.17 bits per heavy atom. The van der Waals surface area contributed by atoms with Crippen molar-refractivity contribution in [1.29, 1.82) is 0 Å². The molecule has 0 saturated heterocycles. The lowest BCUT2D eigenvalue weighted by atomic mass is 10.0. The molecule has 0 saturated carbocycles. The zero-order valence-corrected chi connectivity index (χ0v) is 14.3. The van der Waals surface area contributed by atoms with Crippen LogP contribution in [-0.4, -0.2) is 46.0 Å². The zero-order valence-electron chi connectivity index (χ0n) is 13.5. The minimum Gasteiger partial charge on any atom is -0.349 e. The SMILES string of the molecule is Cn1cnc2c1C(C(=O)NCc1ccccn1)N(S(C)(=O)=O)CC2. The Labute approximate surface area is 140 Å². The van der Waals surface area contributed by atoms with Crippen LogP contribution in [0.25, 0.3) is 0 Å². The fraction of sp³-hybridized carbons (Fsp3) is 0.400. The summed E-state index contributed by atoms with van der Waals surface area (Å²) in [6, 6.07) is 4.50. The van der Waals surface area contributed by atoms with E-state index in [1.165, 1.54) is 4.31 Å². The van der Waals surface area contributed by atoms with Gasteiger partial charge in [-0.15, -0.1) is 0 Å². The number of fused-ring (bicyclic) bond motifs is 1. The molecule has 2 aromatic rings. The van der Waals surface area contributed by atoms with Gasteiger partial charge in [0, 0.05) is 26.2 Å². The van der Waals surface area contributed by atoms with Gasteiger partial charge in [0.1, 0.15) is 6.04 Å². The van der Waals surface area contributed by atoms with Gasteiger partial charge in [0.15, 0.2) is 0 Å². The molecule has 0 aliphatic carbocycles. The lowest BCUT2D eigenvalue weighted by molar-refractivity contribution is -0.125. The maximum Gasteiger partial charge on any atom is 0.244 e. The Morgan fingerprint density at radius 3 is 2.83 bits per heavy atom. The van der Waals surface area contributed by atoms with Crippen molar-refractivity contribution in [1.82, 2.24) is 24.2 Å². The molecule has 1 N–H and O–H groups in total. The molecule has 1 aliphatic heterocycles. The molecule has 2 aromatic heterocycles. The first kappa shape index (κ1) is 16.6. The fourth-order valence-electron chi connectivity index (χ4n) is 2.90. The lowest BCUT2D eigenvalue weighted by Gasteiger charge is -2.33. The Hall–Kier alpha value is -2.26. The van der Waals surface area contributed by atoms with Crippen molar-refractivity contribution in [3.63, 3.8) is 0 Å². The van der Waals surface area contributed by atoms with E-state index in [0.29, 0.717) is 17.8 Å². The van der Waals surface area contributed by atoms with Crippen molar-refractivity contribution in [2.24, 2.45) is 7.05 Å². The van der Waals surface area contributed by atoms with Crippen molar-refractivity contribution in [3.05, 3.63) is 47.8 Å². The van der Waals surface area contributed by atoms with Gasteiger partial charge in [-0.25, -0.2) is 13.4 Å². The van der Waals surface area contributed by atoms with Crippen LogP contribution in [0.1, 0.15) is 23.1 Å². The van der Waals surface area contributed by atoms with Crippen molar-refractivity contribution in [3.8, 4) is 0 Å². The van der Waals surface area contributed by atoms with Gasteiger partial charge in [0.2, 0.25) is 15.9 Å². The number of carbonyl (C=O) groups excluding carboxylic acids is 1. The van der Waals surface area contributed by atoms with Gasteiger partial charge in [-0.2, -0.15) is 4.31 Å². The highest BCUT2D eigenvalue weighted by Gasteiger charge is 2.40. The van der Waals surface area contributed by atoms with Gasteiger partial charge in [-0.3, -0.25) is 9.78 Å². The molecule has 24 heavy (non-hydrogen) atoms. The topological polar surface area (TPSA) is 97.2 Å². The number of aromatic nitrogens is 3. The van der Waals surface area contributed by atoms with Crippen LogP contribution in [0.5, 0.6) is 0 Å². The van der Waals surface area contributed by atoms with E-state index in [-0.39, 0.29) is 19.0 Å². The molecular formula is C15H19N5O3S. The maximum atomic E-state index is 12.8. The van der Waals surface area contributed by atoms with Gasteiger partial charge in [0.25, 0.3) is 0 Å². The van der Waals surface area contributed by atoms with E-state index in [1.807, 2.05) is 6.07 Å². The number of imidazole rings is 1. The number of nitrogens with one attached hydrogen (secondary N) is 1. The quantitative estimate of drug-likeness (QED) is 0.837. The smallest absolute Gasteiger partial charge is 0.244 e. The third kappa shape index (κ3) is 3.17. The number of aryl methyl sites for hydroxylation is 1. The molecule has 1 unspecified atom stereocenters. The van der Waals surface area contributed by atoms with Crippen LogP contribution in [0.4, 0.5) is 0 Å². The Kier molecular flexibility index (Phi) is 4.37. The number of amides is 1. The first-order chi connectivity index (χ1) is 11.4. The summed E-state index contributed by atoms with van der Waals surface area (Å²) in [5.41, 5.74) is 2.08. The van der Waals surface area contributed by atoms with Crippen LogP contribution in [0.3, 0.4) is 0 Å². The molecule has 0 radical (unpaired) electrons. The number of pyridine rings is 1. The zero-order chi connectivity index (χ0) is 17.3. The number of rotatable bonds is 4. The summed E-state index contributed by atoms with van der Waals surface area (Å²) in [6.07, 6.45) is 4.86. The number of carbonyl (C=O) groups is 1. The molecule has 1 amide bonds. The minimum absolute atomic E-state index is 0.237. The predicted molar refractivity (Wildman–Crippen MR) is 87.3 cm³/mol. The molecule has 3 rings (SSSR count). The summed E-state index contributed by atoms with van der Waals surface area (Å²) in [4.78, 5) is 21.2. The van der Waals surface area contributed by atoms with Gasteiger partial charge in [-0.05, 0) is 12.1 Å². The molecule has 3 heterocycles. The van der Waals surface area contributed by atoms with Crippen LogP contribution in [0.2, 0.25) is 0 Å². The molecule has 9 heteroatoms. The Morgan fingerprint density at radius 1 is 1.38 bits per heavy atom. The van der Waals surface area contributed by atoms with E-state index in [2.05, 4.69) is 15.3 Å². The molecule has 0 spiro atoms. The normalized spacial score (nSPS) is 18.2. The molecule has 1 aliphatic rings. The second-order valence-corrected chi connectivity index (χ2v) is 7.69. The maximum absolute atomic E-state index is 12.8. The highest BCUT2D eigenvalue weighted by molar-refractivity contribution is 7.88. The molecule has 8 nitrogen and oxygen atoms in total. The standard InChI is InChI=1S/C15H19N5O3S/c1-19-10-18-12-6-8-20(24(2,22)23)14(13(12)19)15(21)17-9-11-5-3-4-7-16-11/h3-5,7,10,14H,6,8-9H2,1-2H3,(H,17,21). The summed E-state index contributed by atoms with van der Waals surface area (Å²) in [5, 5.41) is 2.78. The second-order valence-electron chi connectivity index (χ2n) is 5.75. The van der Waals surface area contributed by atoms with Crippen molar-refractivity contribution in [2.75, 3.05) is 12.8 Å². The molecular weight excluding hydrogens is 330 g/mol. The highest BCUT2D eigenvalue weighted by atomic mass is 32.2. The molecule has 0 fully saturated rings. The van der Waals surface area contributed by atoms with E-state index < -0.39 is 16.1 Å². The fourth-order valence-corrected chi connectivity index (χ4v) is 3.90. The van der Waals surface area contributed by atoms with Crippen LogP contribution in [-0.2, 0) is 34.8 Å². The van der Waals surface area contributed by atoms with E-state index in [4.69, 9.17) is 0 Å². The first-order valence-corrected chi connectivity index (χ1v) is 9.37. The van der Waals surface area contributed by atoms with Crippen molar-refractivity contribution >= 4 is 15.9 Å². The average molecular weight is 349 g/mol. The van der Waals surface area contributed by atoms with Crippen molar-refractivity contribution in [2.45, 2.75) is 19.0 Å². The monoisotopic (exact) mass is 349 g/mol. The third-order valence-corrected chi connectivity index (χ3v) is 5.27. The summed E-state index contributed by atoms with van der Waals surface area (Å²) in [6.45, 7) is 0.478. The number of hydrogen-bond donors (Lipinski definition) is 1. The highest BCUT2D eigenvalue weighted by Crippen LogP contribution is 2.30.